The SMILES string of the molecule is Cn1ccc(CCNCC2CCOC2)n1. The number of nitrogens with zero attached hydrogens (tertiary/aromatic N) is 2. The molecule has 1 fully saturated rings. The number of hydrogen-bond acceptors (Lipinski definition) is 3. The van der Waals surface area contributed by atoms with Crippen molar-refractivity contribution < 1.29 is 4.74 Å². The number of hydrogen-bond donors (Lipinski definition) is 1. The monoisotopic (exact) mass is 209 g/mol. The molecule has 1 unspecified atom stereocenters. The molecular formula is C11H19N3O. The van der Waals surface area contributed by atoms with Gasteiger partial charge in [-0.05, 0) is 18.4 Å². The minimum atomic E-state index is 0.716. The fourth-order valence-electron chi connectivity index (χ4n) is 1.86. The molecule has 4 nitrogen and oxygen atoms in total. The molecule has 2 rings (SSSR count). The fraction of sp³-hybridized carbons (Fsp3) is 0.727. The summed E-state index contributed by atoms with van der Waals surface area (Å²) in [5.74, 6) is 0.716. The molecule has 1 aromatic rings. The Morgan fingerprint density at radius 2 is 2.60 bits per heavy atom. The summed E-state index contributed by atoms with van der Waals surface area (Å²) in [5.41, 5.74) is 1.16. The Morgan fingerprint density at radius 3 is 3.27 bits per heavy atom. The van der Waals surface area contributed by atoms with Crippen LogP contribution in [0.3, 0.4) is 0 Å². The summed E-state index contributed by atoms with van der Waals surface area (Å²) in [6.45, 7) is 3.95. The molecular weight excluding hydrogens is 190 g/mol. The predicted molar refractivity (Wildman–Crippen MR) is 58.7 cm³/mol. The van der Waals surface area contributed by atoms with Crippen molar-refractivity contribution in [1.29, 1.82) is 0 Å². The van der Waals surface area contributed by atoms with E-state index < -0.39 is 0 Å². The molecule has 1 atom stereocenters. The topological polar surface area (TPSA) is 39.1 Å². The van der Waals surface area contributed by atoms with Gasteiger partial charge in [0.15, 0.2) is 0 Å². The van der Waals surface area contributed by atoms with Gasteiger partial charge in [0.05, 0.1) is 12.3 Å². The molecule has 1 aromatic heterocycles. The average molecular weight is 209 g/mol. The van der Waals surface area contributed by atoms with Gasteiger partial charge >= 0.3 is 0 Å². The molecule has 0 amide bonds. The van der Waals surface area contributed by atoms with Crippen molar-refractivity contribution in [2.45, 2.75) is 12.8 Å². The van der Waals surface area contributed by atoms with E-state index >= 15 is 0 Å². The summed E-state index contributed by atoms with van der Waals surface area (Å²) < 4.78 is 7.17. The normalized spacial score (nSPS) is 21.0. The van der Waals surface area contributed by atoms with Gasteiger partial charge in [-0.25, -0.2) is 0 Å². The van der Waals surface area contributed by atoms with Crippen LogP contribution in [-0.4, -0.2) is 36.1 Å². The summed E-state index contributed by atoms with van der Waals surface area (Å²) in [5, 5.41) is 7.79. The molecule has 1 N–H and O–H groups in total. The van der Waals surface area contributed by atoms with Gasteiger partial charge in [-0.15, -0.1) is 0 Å². The fourth-order valence-corrected chi connectivity index (χ4v) is 1.86. The van der Waals surface area contributed by atoms with Gasteiger partial charge in [0.25, 0.3) is 0 Å². The van der Waals surface area contributed by atoms with Crippen LogP contribution in [0.4, 0.5) is 0 Å². The third-order valence-electron chi connectivity index (χ3n) is 2.78. The number of aromatic nitrogens is 2. The summed E-state index contributed by atoms with van der Waals surface area (Å²) in [4.78, 5) is 0. The van der Waals surface area contributed by atoms with E-state index in [9.17, 15) is 0 Å². The molecule has 0 radical (unpaired) electrons. The zero-order valence-corrected chi connectivity index (χ0v) is 9.28. The van der Waals surface area contributed by atoms with Crippen LogP contribution in [-0.2, 0) is 18.2 Å². The minimum Gasteiger partial charge on any atom is -0.381 e. The van der Waals surface area contributed by atoms with Crippen molar-refractivity contribution >= 4 is 0 Å². The molecule has 4 heteroatoms. The van der Waals surface area contributed by atoms with Gasteiger partial charge in [0, 0.05) is 39.4 Å². The zero-order valence-electron chi connectivity index (χ0n) is 9.28. The first-order valence-electron chi connectivity index (χ1n) is 5.61. The Hall–Kier alpha value is -0.870. The second-order valence-corrected chi connectivity index (χ2v) is 4.16. The molecule has 2 heterocycles. The molecule has 0 bridgehead atoms. The summed E-state index contributed by atoms with van der Waals surface area (Å²) in [7, 11) is 1.95. The standard InChI is InChI=1S/C11H19N3O/c1-14-6-3-11(13-14)2-5-12-8-10-4-7-15-9-10/h3,6,10,12H,2,4-5,7-9H2,1H3. The maximum atomic E-state index is 5.32. The third kappa shape index (κ3) is 3.32. The van der Waals surface area contributed by atoms with Gasteiger partial charge in [0.2, 0.25) is 0 Å². The first kappa shape index (κ1) is 10.6. The maximum Gasteiger partial charge on any atom is 0.0637 e. The van der Waals surface area contributed by atoms with E-state index in [1.165, 1.54) is 6.42 Å². The van der Waals surface area contributed by atoms with Gasteiger partial charge in [0.1, 0.15) is 0 Å². The van der Waals surface area contributed by atoms with E-state index in [1.54, 1.807) is 0 Å². The van der Waals surface area contributed by atoms with Gasteiger partial charge in [-0.1, -0.05) is 0 Å². The van der Waals surface area contributed by atoms with E-state index in [0.29, 0.717) is 5.92 Å². The van der Waals surface area contributed by atoms with E-state index in [1.807, 2.05) is 17.9 Å². The highest BCUT2D eigenvalue weighted by Gasteiger charge is 2.14. The van der Waals surface area contributed by atoms with Crippen LogP contribution in [0.2, 0.25) is 0 Å². The number of ether oxygens (including phenoxy) is 1. The summed E-state index contributed by atoms with van der Waals surface area (Å²) in [6, 6.07) is 2.07. The second-order valence-electron chi connectivity index (χ2n) is 4.16. The number of aryl methyl sites for hydroxylation is 1. The van der Waals surface area contributed by atoms with Gasteiger partial charge in [-0.2, -0.15) is 5.10 Å². The van der Waals surface area contributed by atoms with Crippen LogP contribution >= 0.6 is 0 Å². The molecule has 84 valence electrons. The molecule has 0 aromatic carbocycles. The zero-order chi connectivity index (χ0) is 10.5. The average Bonchev–Trinajstić information content (AvgIpc) is 2.84. The van der Waals surface area contributed by atoms with E-state index in [-0.39, 0.29) is 0 Å². The van der Waals surface area contributed by atoms with Crippen LogP contribution in [0.25, 0.3) is 0 Å². The Bertz CT molecular complexity index is 292. The van der Waals surface area contributed by atoms with Gasteiger partial charge in [-0.3, -0.25) is 4.68 Å². The van der Waals surface area contributed by atoms with Gasteiger partial charge < -0.3 is 10.1 Å². The Labute approximate surface area is 90.6 Å². The van der Waals surface area contributed by atoms with Crippen molar-refractivity contribution in [3.63, 3.8) is 0 Å². The van der Waals surface area contributed by atoms with Crippen molar-refractivity contribution in [3.8, 4) is 0 Å². The predicted octanol–water partition coefficient (Wildman–Crippen LogP) is 0.589. The lowest BCUT2D eigenvalue weighted by atomic mass is 10.1. The molecule has 1 saturated heterocycles. The first-order chi connectivity index (χ1) is 7.34. The maximum absolute atomic E-state index is 5.32. The third-order valence-corrected chi connectivity index (χ3v) is 2.78. The van der Waals surface area contributed by atoms with E-state index in [2.05, 4.69) is 16.5 Å². The largest absolute Gasteiger partial charge is 0.381 e. The lowest BCUT2D eigenvalue weighted by Gasteiger charge is -2.08. The molecule has 1 aliphatic heterocycles. The Morgan fingerprint density at radius 1 is 1.67 bits per heavy atom. The lowest BCUT2D eigenvalue weighted by molar-refractivity contribution is 0.185. The van der Waals surface area contributed by atoms with Crippen LogP contribution in [0.15, 0.2) is 12.3 Å². The highest BCUT2D eigenvalue weighted by atomic mass is 16.5. The number of nitrogens with one attached hydrogen (secondary N) is 1. The van der Waals surface area contributed by atoms with Crippen LogP contribution < -0.4 is 5.32 Å². The minimum absolute atomic E-state index is 0.716. The van der Waals surface area contributed by atoms with E-state index in [4.69, 9.17) is 4.74 Å². The molecule has 0 spiro atoms. The molecule has 1 aliphatic rings. The van der Waals surface area contributed by atoms with Crippen molar-refractivity contribution in [1.82, 2.24) is 15.1 Å². The quantitative estimate of drug-likeness (QED) is 0.721. The highest BCUT2D eigenvalue weighted by molar-refractivity contribution is 4.98. The van der Waals surface area contributed by atoms with Crippen molar-refractivity contribution in [3.05, 3.63) is 18.0 Å². The molecule has 0 saturated carbocycles. The summed E-state index contributed by atoms with van der Waals surface area (Å²) >= 11 is 0. The van der Waals surface area contributed by atoms with Crippen LogP contribution in [0.1, 0.15) is 12.1 Å². The van der Waals surface area contributed by atoms with E-state index in [0.717, 1.165) is 38.4 Å². The van der Waals surface area contributed by atoms with Crippen molar-refractivity contribution in [2.24, 2.45) is 13.0 Å². The first-order valence-corrected chi connectivity index (χ1v) is 5.61. The second kappa shape index (κ2) is 5.28. The molecule has 0 aliphatic carbocycles. The Kier molecular flexibility index (Phi) is 3.75. The number of rotatable bonds is 5. The van der Waals surface area contributed by atoms with Crippen LogP contribution in [0.5, 0.6) is 0 Å². The molecule has 15 heavy (non-hydrogen) atoms. The smallest absolute Gasteiger partial charge is 0.0637 e. The Balaban J connectivity index is 1.58. The van der Waals surface area contributed by atoms with Crippen LogP contribution in [0, 0.1) is 5.92 Å². The van der Waals surface area contributed by atoms with Crippen molar-refractivity contribution in [2.75, 3.05) is 26.3 Å². The summed E-state index contributed by atoms with van der Waals surface area (Å²) in [6.07, 6.45) is 4.20. The highest BCUT2D eigenvalue weighted by Crippen LogP contribution is 2.10. The lowest BCUT2D eigenvalue weighted by Crippen LogP contribution is -2.25.